The van der Waals surface area contributed by atoms with Crippen LogP contribution in [0.2, 0.25) is 0 Å². The largest absolute Gasteiger partial charge is 0.299 e. The Bertz CT molecular complexity index is 220. The summed E-state index contributed by atoms with van der Waals surface area (Å²) in [6.07, 6.45) is 5.87. The molecule has 14 heavy (non-hydrogen) atoms. The van der Waals surface area contributed by atoms with Crippen LogP contribution >= 0.6 is 0 Å². The minimum Gasteiger partial charge on any atom is -0.299 e. The molecule has 2 heteroatoms. The molecule has 1 rings (SSSR count). The Morgan fingerprint density at radius 2 is 1.86 bits per heavy atom. The van der Waals surface area contributed by atoms with Gasteiger partial charge in [0.15, 0.2) is 0 Å². The SMILES string of the molecule is CCCCCCC1C(=O)CC(=O)C1C. The fourth-order valence-corrected chi connectivity index (χ4v) is 2.17. The van der Waals surface area contributed by atoms with Gasteiger partial charge in [-0.25, -0.2) is 0 Å². The molecule has 0 aliphatic heterocycles. The highest BCUT2D eigenvalue weighted by atomic mass is 16.2. The molecule has 0 heterocycles. The van der Waals surface area contributed by atoms with Gasteiger partial charge >= 0.3 is 0 Å². The molecule has 1 aliphatic rings. The fraction of sp³-hybridized carbons (Fsp3) is 0.833. The van der Waals surface area contributed by atoms with E-state index in [-0.39, 0.29) is 29.8 Å². The summed E-state index contributed by atoms with van der Waals surface area (Å²) in [7, 11) is 0. The van der Waals surface area contributed by atoms with E-state index in [1.165, 1.54) is 19.3 Å². The van der Waals surface area contributed by atoms with E-state index in [2.05, 4.69) is 6.92 Å². The number of unbranched alkanes of at least 4 members (excludes halogenated alkanes) is 3. The third-order valence-electron chi connectivity index (χ3n) is 3.24. The maximum Gasteiger partial charge on any atom is 0.144 e. The zero-order valence-corrected chi connectivity index (χ0v) is 9.21. The average Bonchev–Trinajstić information content (AvgIpc) is 2.38. The lowest BCUT2D eigenvalue weighted by atomic mass is 9.91. The molecule has 0 aromatic carbocycles. The zero-order valence-electron chi connectivity index (χ0n) is 9.21. The predicted octanol–water partition coefficient (Wildman–Crippen LogP) is 2.75. The van der Waals surface area contributed by atoms with Crippen LogP contribution in [0.3, 0.4) is 0 Å². The van der Waals surface area contributed by atoms with Gasteiger partial charge in [0.25, 0.3) is 0 Å². The summed E-state index contributed by atoms with van der Waals surface area (Å²) >= 11 is 0. The van der Waals surface area contributed by atoms with Crippen molar-refractivity contribution in [2.75, 3.05) is 0 Å². The second-order valence-corrected chi connectivity index (χ2v) is 4.35. The van der Waals surface area contributed by atoms with Crippen molar-refractivity contribution < 1.29 is 9.59 Å². The number of carbonyl (C=O) groups is 2. The molecule has 2 unspecified atom stereocenters. The first kappa shape index (κ1) is 11.4. The van der Waals surface area contributed by atoms with Crippen molar-refractivity contribution in [1.29, 1.82) is 0 Å². The van der Waals surface area contributed by atoms with Gasteiger partial charge in [-0.05, 0) is 6.42 Å². The second kappa shape index (κ2) is 5.28. The maximum absolute atomic E-state index is 11.4. The molecule has 0 spiro atoms. The first-order chi connectivity index (χ1) is 6.66. The Morgan fingerprint density at radius 1 is 1.14 bits per heavy atom. The van der Waals surface area contributed by atoms with E-state index in [9.17, 15) is 9.59 Å². The van der Waals surface area contributed by atoms with Crippen molar-refractivity contribution in [2.24, 2.45) is 11.8 Å². The van der Waals surface area contributed by atoms with Gasteiger partial charge in [-0.2, -0.15) is 0 Å². The molecule has 80 valence electrons. The van der Waals surface area contributed by atoms with Crippen LogP contribution in [0.4, 0.5) is 0 Å². The Balaban J connectivity index is 2.29. The lowest BCUT2D eigenvalue weighted by Gasteiger charge is -2.11. The first-order valence-electron chi connectivity index (χ1n) is 5.72. The number of hydrogen-bond acceptors (Lipinski definition) is 2. The smallest absolute Gasteiger partial charge is 0.144 e. The predicted molar refractivity (Wildman–Crippen MR) is 56.0 cm³/mol. The highest BCUT2D eigenvalue weighted by molar-refractivity contribution is 6.08. The van der Waals surface area contributed by atoms with Gasteiger partial charge in [0.2, 0.25) is 0 Å². The third kappa shape index (κ3) is 2.66. The van der Waals surface area contributed by atoms with Crippen molar-refractivity contribution in [2.45, 2.75) is 52.4 Å². The highest BCUT2D eigenvalue weighted by Gasteiger charge is 2.37. The van der Waals surface area contributed by atoms with E-state index < -0.39 is 0 Å². The van der Waals surface area contributed by atoms with Gasteiger partial charge in [-0.15, -0.1) is 0 Å². The lowest BCUT2D eigenvalue weighted by molar-refractivity contribution is -0.122. The summed E-state index contributed by atoms with van der Waals surface area (Å²) in [6, 6.07) is 0. The summed E-state index contributed by atoms with van der Waals surface area (Å²) in [5.74, 6) is 0.359. The van der Waals surface area contributed by atoms with E-state index in [0.717, 1.165) is 12.8 Å². The number of hydrogen-bond donors (Lipinski definition) is 0. The Kier molecular flexibility index (Phi) is 4.30. The molecule has 0 N–H and O–H groups in total. The van der Waals surface area contributed by atoms with Crippen LogP contribution in [0, 0.1) is 11.8 Å². The summed E-state index contributed by atoms with van der Waals surface area (Å²) in [4.78, 5) is 22.7. The maximum atomic E-state index is 11.4. The molecule has 0 saturated heterocycles. The van der Waals surface area contributed by atoms with Gasteiger partial charge in [-0.3, -0.25) is 9.59 Å². The number of carbonyl (C=O) groups excluding carboxylic acids is 2. The minimum absolute atomic E-state index is 0.0101. The van der Waals surface area contributed by atoms with Crippen LogP contribution in [0.25, 0.3) is 0 Å². The molecule has 2 atom stereocenters. The molecule has 0 amide bonds. The molecule has 0 radical (unpaired) electrons. The second-order valence-electron chi connectivity index (χ2n) is 4.35. The van der Waals surface area contributed by atoms with Gasteiger partial charge in [0, 0.05) is 11.8 Å². The van der Waals surface area contributed by atoms with Gasteiger partial charge in [0.1, 0.15) is 11.6 Å². The standard InChI is InChI=1S/C12H20O2/c1-3-4-5-6-7-10-9(2)11(13)8-12(10)14/h9-10H,3-8H2,1-2H3. The Hall–Kier alpha value is -0.660. The molecule has 0 aromatic rings. The summed E-state index contributed by atoms with van der Waals surface area (Å²) in [5.41, 5.74) is 0. The number of ketones is 2. The van der Waals surface area contributed by atoms with Crippen molar-refractivity contribution >= 4 is 11.6 Å². The van der Waals surface area contributed by atoms with Crippen LogP contribution in [0.1, 0.15) is 52.4 Å². The molecule has 0 bridgehead atoms. The molecule has 1 aliphatic carbocycles. The minimum atomic E-state index is -0.0101. The van der Waals surface area contributed by atoms with Crippen molar-refractivity contribution in [1.82, 2.24) is 0 Å². The molecule has 1 fully saturated rings. The van der Waals surface area contributed by atoms with Gasteiger partial charge in [0.05, 0.1) is 6.42 Å². The molecule has 2 nitrogen and oxygen atoms in total. The Morgan fingerprint density at radius 3 is 2.36 bits per heavy atom. The first-order valence-corrected chi connectivity index (χ1v) is 5.72. The normalized spacial score (nSPS) is 27.3. The number of Topliss-reactive ketones (excluding diaryl/α,β-unsaturated/α-hetero) is 2. The van der Waals surface area contributed by atoms with Crippen LogP contribution in [0.5, 0.6) is 0 Å². The average molecular weight is 196 g/mol. The van der Waals surface area contributed by atoms with E-state index in [1.54, 1.807) is 0 Å². The van der Waals surface area contributed by atoms with Gasteiger partial charge < -0.3 is 0 Å². The summed E-state index contributed by atoms with van der Waals surface area (Å²) in [5, 5.41) is 0. The summed E-state index contributed by atoms with van der Waals surface area (Å²) in [6.45, 7) is 4.07. The molecule has 1 saturated carbocycles. The third-order valence-corrected chi connectivity index (χ3v) is 3.24. The van der Waals surface area contributed by atoms with Gasteiger partial charge in [-0.1, -0.05) is 39.5 Å². The quantitative estimate of drug-likeness (QED) is 0.500. The highest BCUT2D eigenvalue weighted by Crippen LogP contribution is 2.29. The molecule has 0 aromatic heterocycles. The van der Waals surface area contributed by atoms with Crippen LogP contribution in [-0.4, -0.2) is 11.6 Å². The van der Waals surface area contributed by atoms with E-state index >= 15 is 0 Å². The van der Waals surface area contributed by atoms with E-state index in [4.69, 9.17) is 0 Å². The van der Waals surface area contributed by atoms with Crippen molar-refractivity contribution in [3.63, 3.8) is 0 Å². The topological polar surface area (TPSA) is 34.1 Å². The lowest BCUT2D eigenvalue weighted by Crippen LogP contribution is -2.14. The van der Waals surface area contributed by atoms with Crippen molar-refractivity contribution in [3.05, 3.63) is 0 Å². The monoisotopic (exact) mass is 196 g/mol. The number of rotatable bonds is 5. The van der Waals surface area contributed by atoms with Crippen LogP contribution in [0.15, 0.2) is 0 Å². The molecular formula is C12H20O2. The van der Waals surface area contributed by atoms with Crippen molar-refractivity contribution in [3.8, 4) is 0 Å². The van der Waals surface area contributed by atoms with E-state index in [0.29, 0.717) is 0 Å². The molecular weight excluding hydrogens is 176 g/mol. The summed E-state index contributed by atoms with van der Waals surface area (Å²) < 4.78 is 0. The zero-order chi connectivity index (χ0) is 10.6. The Labute approximate surface area is 86.1 Å². The van der Waals surface area contributed by atoms with Crippen LogP contribution in [-0.2, 0) is 9.59 Å². The fourth-order valence-electron chi connectivity index (χ4n) is 2.17. The van der Waals surface area contributed by atoms with E-state index in [1.807, 2.05) is 6.92 Å². The van der Waals surface area contributed by atoms with Crippen LogP contribution < -0.4 is 0 Å².